The summed E-state index contributed by atoms with van der Waals surface area (Å²) in [5.74, 6) is -5.18. The minimum atomic E-state index is -4.72. The zero-order valence-corrected chi connectivity index (χ0v) is 33.2. The Balaban J connectivity index is 1.33. The number of esters is 3. The lowest BCUT2D eigenvalue weighted by atomic mass is 9.91. The monoisotopic (exact) mass is 836 g/mol. The fourth-order valence-corrected chi connectivity index (χ4v) is 6.58. The number of nitrogens with one attached hydrogen (secondary N) is 2. The number of carbonyl (C=O) groups is 5. The van der Waals surface area contributed by atoms with Crippen molar-refractivity contribution in [3.63, 3.8) is 0 Å². The van der Waals surface area contributed by atoms with Crippen LogP contribution < -0.4 is 10.6 Å². The predicted molar refractivity (Wildman–Crippen MR) is 210 cm³/mol. The molecule has 0 spiro atoms. The highest BCUT2D eigenvalue weighted by atomic mass is 19.4. The Hall–Kier alpha value is -5.84. The zero-order chi connectivity index (χ0) is 43.5. The number of aliphatic hydroxyl groups excluding tert-OH is 1. The molecule has 0 aromatic heterocycles. The van der Waals surface area contributed by atoms with Crippen molar-refractivity contribution in [3.05, 3.63) is 125 Å². The molecule has 60 heavy (non-hydrogen) atoms. The summed E-state index contributed by atoms with van der Waals surface area (Å²) in [6.45, 7) is 2.89. The minimum Gasteiger partial charge on any atom is -0.460 e. The molecule has 4 unspecified atom stereocenters. The van der Waals surface area contributed by atoms with Gasteiger partial charge in [-0.05, 0) is 51.0 Å². The summed E-state index contributed by atoms with van der Waals surface area (Å²) in [7, 11) is 0. The molecular weight excluding hydrogens is 789 g/mol. The van der Waals surface area contributed by atoms with Crippen LogP contribution in [0.5, 0.6) is 0 Å². The summed E-state index contributed by atoms with van der Waals surface area (Å²) in [5.41, 5.74) is 0.847. The molecule has 3 aromatic carbocycles. The first-order valence-corrected chi connectivity index (χ1v) is 19.3. The molecule has 0 saturated carbocycles. The maximum atomic E-state index is 13.9. The van der Waals surface area contributed by atoms with Crippen molar-refractivity contribution in [3.8, 4) is 0 Å². The van der Waals surface area contributed by atoms with Crippen molar-refractivity contribution in [1.82, 2.24) is 10.6 Å². The van der Waals surface area contributed by atoms with Crippen LogP contribution in [0.15, 0.2) is 103 Å². The number of amides is 2. The SMILES string of the molecule is CC(C)(C)OC(=O)CCC(CO)NC(=O)CCNC(=O)C1=CC2OC(c3ccccc3)(c3ccccc3)OC2C(OC(=O)c2ccccc2C=CC(=O)OCC(F)(F)F)C1. The zero-order valence-electron chi connectivity index (χ0n) is 33.2. The van der Waals surface area contributed by atoms with Gasteiger partial charge in [-0.3, -0.25) is 14.4 Å². The molecule has 0 radical (unpaired) electrons. The molecule has 1 aliphatic carbocycles. The van der Waals surface area contributed by atoms with Crippen molar-refractivity contribution in [2.75, 3.05) is 19.8 Å². The van der Waals surface area contributed by atoms with E-state index in [0.717, 1.165) is 12.2 Å². The molecule has 5 rings (SSSR count). The Morgan fingerprint density at radius 1 is 0.900 bits per heavy atom. The van der Waals surface area contributed by atoms with Gasteiger partial charge in [-0.15, -0.1) is 0 Å². The van der Waals surface area contributed by atoms with E-state index in [1.807, 2.05) is 60.7 Å². The van der Waals surface area contributed by atoms with Crippen LogP contribution in [0, 0.1) is 0 Å². The Kier molecular flexibility index (Phi) is 15.0. The average Bonchev–Trinajstić information content (AvgIpc) is 3.62. The Morgan fingerprint density at radius 2 is 1.53 bits per heavy atom. The Labute approximate surface area is 344 Å². The minimum absolute atomic E-state index is 0.0224. The highest BCUT2D eigenvalue weighted by Gasteiger charge is 2.55. The molecule has 3 N–H and O–H groups in total. The topological polar surface area (TPSA) is 176 Å². The van der Waals surface area contributed by atoms with Crippen molar-refractivity contribution in [2.24, 2.45) is 0 Å². The van der Waals surface area contributed by atoms with Gasteiger partial charge in [0, 0.05) is 48.6 Å². The molecule has 320 valence electrons. The lowest BCUT2D eigenvalue weighted by Crippen LogP contribution is -2.44. The number of hydrogen-bond acceptors (Lipinski definition) is 11. The molecule has 2 amide bonds. The van der Waals surface area contributed by atoms with Gasteiger partial charge < -0.3 is 39.4 Å². The van der Waals surface area contributed by atoms with Crippen molar-refractivity contribution in [2.45, 2.75) is 88.4 Å². The van der Waals surface area contributed by atoms with Crippen LogP contribution in [-0.4, -0.2) is 90.7 Å². The van der Waals surface area contributed by atoms with Crippen LogP contribution in [0.3, 0.4) is 0 Å². The van der Waals surface area contributed by atoms with Crippen LogP contribution in [0.25, 0.3) is 6.08 Å². The second-order valence-electron chi connectivity index (χ2n) is 15.1. The first-order valence-electron chi connectivity index (χ1n) is 19.3. The molecule has 16 heteroatoms. The van der Waals surface area contributed by atoms with E-state index in [9.17, 15) is 42.3 Å². The second-order valence-corrected chi connectivity index (χ2v) is 15.1. The van der Waals surface area contributed by atoms with Gasteiger partial charge in [-0.1, -0.05) is 78.9 Å². The van der Waals surface area contributed by atoms with E-state index >= 15 is 0 Å². The van der Waals surface area contributed by atoms with E-state index in [2.05, 4.69) is 15.4 Å². The van der Waals surface area contributed by atoms with Gasteiger partial charge in [-0.25, -0.2) is 9.59 Å². The smallest absolute Gasteiger partial charge is 0.422 e. The lowest BCUT2D eigenvalue weighted by molar-refractivity contribution is -0.182. The highest BCUT2D eigenvalue weighted by Crippen LogP contribution is 2.47. The molecule has 1 fully saturated rings. The third kappa shape index (κ3) is 12.6. The lowest BCUT2D eigenvalue weighted by Gasteiger charge is -2.31. The van der Waals surface area contributed by atoms with E-state index in [1.165, 1.54) is 18.2 Å². The molecule has 0 bridgehead atoms. The van der Waals surface area contributed by atoms with Gasteiger partial charge in [0.1, 0.15) is 23.9 Å². The molecular formula is C44H47F3N2O11. The van der Waals surface area contributed by atoms with Crippen LogP contribution in [0.2, 0.25) is 0 Å². The van der Waals surface area contributed by atoms with Gasteiger partial charge >= 0.3 is 24.1 Å². The second kappa shape index (κ2) is 19.9. The molecule has 4 atom stereocenters. The average molecular weight is 837 g/mol. The quantitative estimate of drug-likeness (QED) is 0.0951. The summed E-state index contributed by atoms with van der Waals surface area (Å²) in [6, 6.07) is 23.4. The Morgan fingerprint density at radius 3 is 2.15 bits per heavy atom. The fourth-order valence-electron chi connectivity index (χ4n) is 6.58. The van der Waals surface area contributed by atoms with Crippen molar-refractivity contribution < 1.29 is 65.9 Å². The van der Waals surface area contributed by atoms with Gasteiger partial charge in [-0.2, -0.15) is 13.2 Å². The highest BCUT2D eigenvalue weighted by molar-refractivity contribution is 5.97. The van der Waals surface area contributed by atoms with Gasteiger partial charge in [0.25, 0.3) is 0 Å². The van der Waals surface area contributed by atoms with Gasteiger partial charge in [0.2, 0.25) is 17.6 Å². The standard InChI is InChI=1S/C44H47F3N2O11/c1-42(2,3)59-38(53)21-19-32(26-50)49-36(51)22-23-48-40(54)29-24-34(57-41(55)33-17-11-10-12-28(33)18-20-37(52)56-27-43(45,46)47)39-35(25-29)58-44(60-39,30-13-6-4-7-14-30)31-15-8-5-9-16-31/h4-18,20,25,32,34-35,39,50H,19,21-24,26-27H2,1-3H3,(H,48,54)(H,49,51). The number of rotatable bonds is 16. The van der Waals surface area contributed by atoms with E-state index in [1.54, 1.807) is 32.9 Å². The summed E-state index contributed by atoms with van der Waals surface area (Å²) in [6.07, 6.45) is -4.45. The number of benzene rings is 3. The van der Waals surface area contributed by atoms with E-state index < -0.39 is 84.9 Å². The normalized spacial score (nSPS) is 19.1. The molecule has 2 aliphatic rings. The van der Waals surface area contributed by atoms with E-state index in [4.69, 9.17) is 18.9 Å². The first kappa shape index (κ1) is 45.2. The maximum Gasteiger partial charge on any atom is 0.422 e. The summed E-state index contributed by atoms with van der Waals surface area (Å²) >= 11 is 0. The summed E-state index contributed by atoms with van der Waals surface area (Å²) < 4.78 is 66.7. The maximum absolute atomic E-state index is 13.9. The van der Waals surface area contributed by atoms with Crippen molar-refractivity contribution in [1.29, 1.82) is 0 Å². The first-order chi connectivity index (χ1) is 28.5. The summed E-state index contributed by atoms with van der Waals surface area (Å²) in [5, 5.41) is 15.1. The Bertz CT molecular complexity index is 2010. The molecule has 1 aliphatic heterocycles. The number of ether oxygens (including phenoxy) is 5. The van der Waals surface area contributed by atoms with E-state index in [0.29, 0.717) is 11.1 Å². The third-order valence-electron chi connectivity index (χ3n) is 9.24. The van der Waals surface area contributed by atoms with Crippen LogP contribution in [-0.2, 0) is 48.6 Å². The number of carbonyl (C=O) groups excluding carboxylic acids is 5. The number of alkyl halides is 3. The largest absolute Gasteiger partial charge is 0.460 e. The fraction of sp³-hybridized carbons (Fsp3) is 0.386. The van der Waals surface area contributed by atoms with Crippen LogP contribution >= 0.6 is 0 Å². The number of aliphatic hydroxyl groups is 1. The van der Waals surface area contributed by atoms with Crippen LogP contribution in [0.4, 0.5) is 13.2 Å². The molecule has 1 saturated heterocycles. The number of fused-ring (bicyclic) bond motifs is 1. The number of halogens is 3. The van der Waals surface area contributed by atoms with Gasteiger partial charge in [0.15, 0.2) is 6.61 Å². The number of hydrogen-bond donors (Lipinski definition) is 3. The predicted octanol–water partition coefficient (Wildman–Crippen LogP) is 5.45. The van der Waals surface area contributed by atoms with Crippen molar-refractivity contribution >= 4 is 35.8 Å². The molecule has 13 nitrogen and oxygen atoms in total. The molecule has 3 aromatic rings. The third-order valence-corrected chi connectivity index (χ3v) is 9.24. The van der Waals surface area contributed by atoms with Crippen LogP contribution in [0.1, 0.15) is 73.5 Å². The van der Waals surface area contributed by atoms with Gasteiger partial charge in [0.05, 0.1) is 18.2 Å². The summed E-state index contributed by atoms with van der Waals surface area (Å²) in [4.78, 5) is 64.4. The molecule has 1 heterocycles. The van der Waals surface area contributed by atoms with E-state index in [-0.39, 0.29) is 48.9 Å².